The lowest BCUT2D eigenvalue weighted by Crippen LogP contribution is -1.85. The molecule has 0 amide bonds. The Morgan fingerprint density at radius 2 is 1.80 bits per heavy atom. The summed E-state index contributed by atoms with van der Waals surface area (Å²) in [6.07, 6.45) is 0.701. The first kappa shape index (κ1) is 10.7. The van der Waals surface area contributed by atoms with Crippen molar-refractivity contribution in [2.75, 3.05) is 0 Å². The predicted molar refractivity (Wildman–Crippen MR) is 64.4 cm³/mol. The number of fused-ring (bicyclic) bond motifs is 1. The first-order valence-corrected chi connectivity index (χ1v) is 5.29. The van der Waals surface area contributed by atoms with E-state index in [1.807, 2.05) is 0 Å². The second kappa shape index (κ2) is 4.01. The number of carbonyl (C=O) groups is 1. The highest BCUT2D eigenvalue weighted by atomic mass is 35.5. The Kier molecular flexibility index (Phi) is 2.87. The molecule has 0 radical (unpaired) electrons. The van der Waals surface area contributed by atoms with Crippen LogP contribution in [0.4, 0.5) is 0 Å². The summed E-state index contributed by atoms with van der Waals surface area (Å²) >= 11 is 17.9. The Morgan fingerprint density at radius 1 is 1.07 bits per heavy atom. The molecule has 0 spiro atoms. The largest absolute Gasteiger partial charge is 0.298 e. The Hall–Kier alpha value is -0.760. The lowest BCUT2D eigenvalue weighted by atomic mass is 10.1. The zero-order valence-electron chi connectivity index (χ0n) is 7.43. The third-order valence-electron chi connectivity index (χ3n) is 2.13. The number of aldehydes is 1. The van der Waals surface area contributed by atoms with E-state index in [0.717, 1.165) is 5.39 Å². The number of hydrogen-bond donors (Lipinski definition) is 0. The van der Waals surface area contributed by atoms with Gasteiger partial charge in [-0.2, -0.15) is 0 Å². The normalized spacial score (nSPS) is 10.6. The van der Waals surface area contributed by atoms with Crippen molar-refractivity contribution in [1.29, 1.82) is 0 Å². The molecule has 2 aromatic rings. The summed E-state index contributed by atoms with van der Waals surface area (Å²) in [5.74, 6) is 0. The zero-order chi connectivity index (χ0) is 11.0. The molecule has 0 fully saturated rings. The Balaban J connectivity index is 2.92. The minimum atomic E-state index is 0.365. The van der Waals surface area contributed by atoms with Gasteiger partial charge in [0.2, 0.25) is 0 Å². The number of benzene rings is 2. The SMILES string of the molecule is O=Cc1ccc2cc(Cl)cc(Cl)c2c1Cl. The molecule has 0 aliphatic heterocycles. The lowest BCUT2D eigenvalue weighted by molar-refractivity contribution is 0.112. The molecule has 0 saturated heterocycles. The van der Waals surface area contributed by atoms with Crippen LogP contribution in [0.25, 0.3) is 10.8 Å². The van der Waals surface area contributed by atoms with Gasteiger partial charge in [-0.1, -0.05) is 40.9 Å². The topological polar surface area (TPSA) is 17.1 Å². The van der Waals surface area contributed by atoms with Crippen LogP contribution in [0, 0.1) is 0 Å². The smallest absolute Gasteiger partial charge is 0.151 e. The molecule has 0 unspecified atom stereocenters. The van der Waals surface area contributed by atoms with E-state index >= 15 is 0 Å². The molecule has 0 saturated carbocycles. The summed E-state index contributed by atoms with van der Waals surface area (Å²) in [6, 6.07) is 6.77. The van der Waals surface area contributed by atoms with E-state index in [-0.39, 0.29) is 0 Å². The molecule has 0 aliphatic carbocycles. The van der Waals surface area contributed by atoms with Gasteiger partial charge in [0.1, 0.15) is 0 Å². The third kappa shape index (κ3) is 1.83. The maximum Gasteiger partial charge on any atom is 0.151 e. The van der Waals surface area contributed by atoms with Crippen molar-refractivity contribution in [2.24, 2.45) is 0 Å². The molecule has 2 rings (SSSR count). The van der Waals surface area contributed by atoms with E-state index in [0.29, 0.717) is 32.3 Å². The van der Waals surface area contributed by atoms with E-state index < -0.39 is 0 Å². The van der Waals surface area contributed by atoms with Gasteiger partial charge >= 0.3 is 0 Å². The Labute approximate surface area is 102 Å². The highest BCUT2D eigenvalue weighted by Gasteiger charge is 2.09. The average molecular weight is 260 g/mol. The summed E-state index contributed by atoms with van der Waals surface area (Å²) in [4.78, 5) is 10.7. The van der Waals surface area contributed by atoms with Crippen LogP contribution in [0.3, 0.4) is 0 Å². The van der Waals surface area contributed by atoms with E-state index in [4.69, 9.17) is 34.8 Å². The van der Waals surface area contributed by atoms with Crippen molar-refractivity contribution in [3.05, 3.63) is 44.9 Å². The summed E-state index contributed by atoms with van der Waals surface area (Å²) in [6.45, 7) is 0. The second-order valence-electron chi connectivity index (χ2n) is 3.07. The number of rotatable bonds is 1. The standard InChI is InChI=1S/C11H5Cl3O/c12-8-3-6-1-2-7(5-15)11(14)10(6)9(13)4-8/h1-5H. The molecule has 0 aromatic heterocycles. The van der Waals surface area contributed by atoms with Crippen LogP contribution < -0.4 is 0 Å². The van der Waals surface area contributed by atoms with Crippen molar-refractivity contribution in [3.8, 4) is 0 Å². The number of hydrogen-bond acceptors (Lipinski definition) is 1. The van der Waals surface area contributed by atoms with Crippen molar-refractivity contribution in [3.63, 3.8) is 0 Å². The van der Waals surface area contributed by atoms with Crippen LogP contribution in [-0.4, -0.2) is 6.29 Å². The minimum absolute atomic E-state index is 0.365. The first-order valence-electron chi connectivity index (χ1n) is 4.16. The highest BCUT2D eigenvalue weighted by molar-refractivity contribution is 6.44. The molecule has 0 aliphatic rings. The third-order valence-corrected chi connectivity index (χ3v) is 3.05. The molecule has 76 valence electrons. The summed E-state index contributed by atoms with van der Waals surface area (Å²) in [7, 11) is 0. The Bertz CT molecular complexity index is 549. The predicted octanol–water partition coefficient (Wildman–Crippen LogP) is 4.61. The fourth-order valence-electron chi connectivity index (χ4n) is 1.44. The van der Waals surface area contributed by atoms with Crippen molar-refractivity contribution in [2.45, 2.75) is 0 Å². The summed E-state index contributed by atoms with van der Waals surface area (Å²) in [5.41, 5.74) is 0.424. The van der Waals surface area contributed by atoms with Gasteiger partial charge in [-0.3, -0.25) is 4.79 Å². The fourth-order valence-corrected chi connectivity index (χ4v) is 2.42. The second-order valence-corrected chi connectivity index (χ2v) is 4.29. The molecule has 1 nitrogen and oxygen atoms in total. The first-order chi connectivity index (χ1) is 7.13. The molecule has 0 atom stereocenters. The fraction of sp³-hybridized carbons (Fsp3) is 0. The van der Waals surface area contributed by atoms with Gasteiger partial charge in [-0.05, 0) is 23.6 Å². The molecular formula is C11H5Cl3O. The van der Waals surface area contributed by atoms with Crippen LogP contribution in [0.1, 0.15) is 10.4 Å². The van der Waals surface area contributed by atoms with Gasteiger partial charge in [-0.15, -0.1) is 0 Å². The van der Waals surface area contributed by atoms with E-state index in [2.05, 4.69) is 0 Å². The molecule has 2 aromatic carbocycles. The van der Waals surface area contributed by atoms with Gasteiger partial charge in [-0.25, -0.2) is 0 Å². The minimum Gasteiger partial charge on any atom is -0.298 e. The molecule has 0 heterocycles. The van der Waals surface area contributed by atoms with Gasteiger partial charge in [0.15, 0.2) is 6.29 Å². The van der Waals surface area contributed by atoms with Crippen molar-refractivity contribution in [1.82, 2.24) is 0 Å². The van der Waals surface area contributed by atoms with Gasteiger partial charge in [0.05, 0.1) is 10.0 Å². The van der Waals surface area contributed by atoms with Crippen LogP contribution in [-0.2, 0) is 0 Å². The van der Waals surface area contributed by atoms with Gasteiger partial charge in [0, 0.05) is 16.0 Å². The summed E-state index contributed by atoms with van der Waals surface area (Å²) in [5, 5.41) is 2.84. The summed E-state index contributed by atoms with van der Waals surface area (Å²) < 4.78 is 0. The average Bonchev–Trinajstić information content (AvgIpc) is 2.17. The maximum atomic E-state index is 10.7. The molecule has 0 N–H and O–H groups in total. The maximum absolute atomic E-state index is 10.7. The molecule has 4 heteroatoms. The zero-order valence-corrected chi connectivity index (χ0v) is 9.70. The van der Waals surface area contributed by atoms with Crippen LogP contribution in [0.2, 0.25) is 15.1 Å². The Morgan fingerprint density at radius 3 is 2.47 bits per heavy atom. The molecular weight excluding hydrogens is 254 g/mol. The number of halogens is 3. The molecule has 15 heavy (non-hydrogen) atoms. The monoisotopic (exact) mass is 258 g/mol. The highest BCUT2D eigenvalue weighted by Crippen LogP contribution is 2.34. The quantitative estimate of drug-likeness (QED) is 0.683. The number of carbonyl (C=O) groups excluding carboxylic acids is 1. The molecule has 0 bridgehead atoms. The lowest BCUT2D eigenvalue weighted by Gasteiger charge is -2.05. The van der Waals surface area contributed by atoms with Gasteiger partial charge in [0.25, 0.3) is 0 Å². The van der Waals surface area contributed by atoms with E-state index in [9.17, 15) is 4.79 Å². The van der Waals surface area contributed by atoms with Crippen LogP contribution in [0.15, 0.2) is 24.3 Å². The van der Waals surface area contributed by atoms with E-state index in [1.165, 1.54) is 0 Å². The van der Waals surface area contributed by atoms with Crippen molar-refractivity contribution >= 4 is 51.9 Å². The van der Waals surface area contributed by atoms with Crippen LogP contribution in [0.5, 0.6) is 0 Å². The van der Waals surface area contributed by atoms with Gasteiger partial charge < -0.3 is 0 Å². The van der Waals surface area contributed by atoms with E-state index in [1.54, 1.807) is 24.3 Å². The van der Waals surface area contributed by atoms with Crippen molar-refractivity contribution < 1.29 is 4.79 Å². The van der Waals surface area contributed by atoms with Crippen LogP contribution >= 0.6 is 34.8 Å².